The molecule has 6 heteroatoms. The Bertz CT molecular complexity index is 995. The van der Waals surface area contributed by atoms with E-state index in [0.717, 1.165) is 24.0 Å². The molecule has 4 aliphatic rings. The van der Waals surface area contributed by atoms with Crippen molar-refractivity contribution in [3.8, 4) is 0 Å². The number of hydrogen-bond acceptors (Lipinski definition) is 5. The molecule has 2 fully saturated rings. The summed E-state index contributed by atoms with van der Waals surface area (Å²) in [6.45, 7) is 11.8. The maximum Gasteiger partial charge on any atom is 0.310 e. The quantitative estimate of drug-likeness (QED) is 0.396. The fourth-order valence-electron chi connectivity index (χ4n) is 7.86. The van der Waals surface area contributed by atoms with Crippen molar-refractivity contribution in [2.45, 2.75) is 84.3 Å². The van der Waals surface area contributed by atoms with Gasteiger partial charge in [0.15, 0.2) is 11.6 Å². The highest BCUT2D eigenvalue weighted by molar-refractivity contribution is 7.81. The van der Waals surface area contributed by atoms with Gasteiger partial charge in [-0.25, -0.2) is 0 Å². The van der Waals surface area contributed by atoms with E-state index in [2.05, 4.69) is 20.4 Å². The van der Waals surface area contributed by atoms with Gasteiger partial charge in [0.1, 0.15) is 5.78 Å². The Morgan fingerprint density at radius 2 is 1.88 bits per heavy atom. The second-order valence-corrected chi connectivity index (χ2v) is 12.5. The highest BCUT2D eigenvalue weighted by Gasteiger charge is 2.61. The maximum absolute atomic E-state index is 13.8. The zero-order valence-electron chi connectivity index (χ0n) is 20.9. The van der Waals surface area contributed by atoms with E-state index in [1.807, 2.05) is 6.92 Å². The molecule has 0 aromatic rings. The first kappa shape index (κ1) is 25.4. The zero-order chi connectivity index (χ0) is 25.2. The number of carboxylic acid groups (broad SMARTS) is 1. The van der Waals surface area contributed by atoms with Gasteiger partial charge in [-0.3, -0.25) is 19.2 Å². The summed E-state index contributed by atoms with van der Waals surface area (Å²) in [7, 11) is 0. The molecule has 0 aliphatic heterocycles. The van der Waals surface area contributed by atoms with Crippen LogP contribution in [0.2, 0.25) is 0 Å². The second-order valence-electron chi connectivity index (χ2n) is 11.9. The van der Waals surface area contributed by atoms with Crippen LogP contribution in [0.25, 0.3) is 0 Å². The summed E-state index contributed by atoms with van der Waals surface area (Å²) in [6.07, 6.45) is 5.00. The topological polar surface area (TPSA) is 88.5 Å². The minimum atomic E-state index is -0.868. The monoisotopic (exact) mass is 486 g/mol. The molecule has 0 saturated heterocycles. The van der Waals surface area contributed by atoms with Crippen molar-refractivity contribution in [3.63, 3.8) is 0 Å². The molecule has 0 aromatic carbocycles. The standard InChI is InChI=1S/C28H38O5S/c1-14(15(2)26(32)33)6-9-23(34)17-7-8-18-24-21(30)12-19-16(3)20(29)10-11-27(19,4)25(24)22(31)13-28(17,18)5/h15-19,23,34H,1,6-13H2,2-5H3,(H,32,33)/t15?,16-,17+,18-,19-,23+,27-,28+/m0/s1. The van der Waals surface area contributed by atoms with Crippen LogP contribution in [0, 0.1) is 40.4 Å². The van der Waals surface area contributed by atoms with Crippen LogP contribution < -0.4 is 0 Å². The molecule has 186 valence electrons. The molecule has 0 amide bonds. The summed E-state index contributed by atoms with van der Waals surface area (Å²) >= 11 is 4.94. The Labute approximate surface area is 208 Å². The largest absolute Gasteiger partial charge is 0.481 e. The summed E-state index contributed by atoms with van der Waals surface area (Å²) in [5.74, 6) is -1.11. The Morgan fingerprint density at radius 3 is 2.53 bits per heavy atom. The van der Waals surface area contributed by atoms with Gasteiger partial charge < -0.3 is 5.11 Å². The van der Waals surface area contributed by atoms with Crippen molar-refractivity contribution in [1.82, 2.24) is 0 Å². The predicted molar refractivity (Wildman–Crippen MR) is 134 cm³/mol. The van der Waals surface area contributed by atoms with Crippen molar-refractivity contribution in [2.24, 2.45) is 40.4 Å². The molecule has 4 rings (SSSR count). The number of allylic oxidation sites excluding steroid dienone is 2. The van der Waals surface area contributed by atoms with Crippen molar-refractivity contribution in [2.75, 3.05) is 0 Å². The number of fused-ring (bicyclic) bond motifs is 4. The Hall–Kier alpha value is -1.69. The Kier molecular flexibility index (Phi) is 6.54. The van der Waals surface area contributed by atoms with Gasteiger partial charge in [-0.2, -0.15) is 12.6 Å². The molecule has 0 spiro atoms. The fourth-order valence-corrected chi connectivity index (χ4v) is 8.48. The Balaban J connectivity index is 1.61. The third-order valence-electron chi connectivity index (χ3n) is 10.2. The molecular weight excluding hydrogens is 448 g/mol. The van der Waals surface area contributed by atoms with Crippen molar-refractivity contribution in [3.05, 3.63) is 23.3 Å². The highest BCUT2D eigenvalue weighted by atomic mass is 32.1. The maximum atomic E-state index is 13.8. The smallest absolute Gasteiger partial charge is 0.310 e. The number of aliphatic carboxylic acids is 1. The van der Waals surface area contributed by atoms with Crippen LogP contribution in [0.4, 0.5) is 0 Å². The lowest BCUT2D eigenvalue weighted by Gasteiger charge is -2.53. The van der Waals surface area contributed by atoms with Gasteiger partial charge in [-0.15, -0.1) is 0 Å². The minimum absolute atomic E-state index is 0.0112. The van der Waals surface area contributed by atoms with Crippen LogP contribution in [-0.4, -0.2) is 33.7 Å². The van der Waals surface area contributed by atoms with Crippen LogP contribution in [0.15, 0.2) is 23.3 Å². The summed E-state index contributed by atoms with van der Waals surface area (Å²) in [6, 6.07) is 0. The molecule has 4 aliphatic carbocycles. The van der Waals surface area contributed by atoms with E-state index in [1.165, 1.54) is 0 Å². The zero-order valence-corrected chi connectivity index (χ0v) is 21.7. The number of rotatable bonds is 6. The van der Waals surface area contributed by atoms with Gasteiger partial charge in [-0.1, -0.05) is 32.9 Å². The van der Waals surface area contributed by atoms with E-state index in [0.29, 0.717) is 44.1 Å². The molecule has 5 nitrogen and oxygen atoms in total. The lowest BCUT2D eigenvalue weighted by Crippen LogP contribution is -2.53. The normalized spacial score (nSPS) is 39.3. The van der Waals surface area contributed by atoms with E-state index in [1.54, 1.807) is 6.92 Å². The van der Waals surface area contributed by atoms with Crippen LogP contribution in [-0.2, 0) is 19.2 Å². The van der Waals surface area contributed by atoms with Gasteiger partial charge in [0.05, 0.1) is 5.92 Å². The molecule has 0 aromatic heterocycles. The molecule has 1 unspecified atom stereocenters. The average Bonchev–Trinajstić information content (AvgIpc) is 3.11. The van der Waals surface area contributed by atoms with Crippen LogP contribution in [0.3, 0.4) is 0 Å². The van der Waals surface area contributed by atoms with E-state index >= 15 is 0 Å². The van der Waals surface area contributed by atoms with Gasteiger partial charge in [0.25, 0.3) is 0 Å². The molecule has 0 radical (unpaired) electrons. The van der Waals surface area contributed by atoms with Gasteiger partial charge in [0.2, 0.25) is 0 Å². The highest BCUT2D eigenvalue weighted by Crippen LogP contribution is 2.64. The Morgan fingerprint density at radius 1 is 1.21 bits per heavy atom. The van der Waals surface area contributed by atoms with Crippen molar-refractivity contribution >= 4 is 35.9 Å². The van der Waals surface area contributed by atoms with Crippen LogP contribution in [0.5, 0.6) is 0 Å². The van der Waals surface area contributed by atoms with E-state index in [4.69, 9.17) is 12.6 Å². The molecule has 0 bridgehead atoms. The lowest BCUT2D eigenvalue weighted by molar-refractivity contribution is -0.140. The van der Waals surface area contributed by atoms with Crippen molar-refractivity contribution < 1.29 is 24.3 Å². The van der Waals surface area contributed by atoms with Gasteiger partial charge in [-0.05, 0) is 62.2 Å². The third kappa shape index (κ3) is 3.75. The third-order valence-corrected chi connectivity index (χ3v) is 10.8. The average molecular weight is 487 g/mol. The first-order chi connectivity index (χ1) is 15.8. The number of Topliss-reactive ketones (excluding diaryl/α,β-unsaturated/α-hetero) is 3. The molecule has 34 heavy (non-hydrogen) atoms. The molecular formula is C28H38O5S. The number of carbonyl (C=O) groups is 4. The van der Waals surface area contributed by atoms with E-state index in [9.17, 15) is 24.3 Å². The number of carbonyl (C=O) groups excluding carboxylic acids is 3. The van der Waals surface area contributed by atoms with Crippen LogP contribution >= 0.6 is 12.6 Å². The summed E-state index contributed by atoms with van der Waals surface area (Å²) in [4.78, 5) is 51.0. The summed E-state index contributed by atoms with van der Waals surface area (Å²) in [5, 5.41) is 9.26. The molecule has 0 heterocycles. The second kappa shape index (κ2) is 8.76. The fraction of sp³-hybridized carbons (Fsp3) is 0.714. The molecule has 1 N–H and O–H groups in total. The predicted octanol–water partition coefficient (Wildman–Crippen LogP) is 5.24. The molecule has 2 saturated carbocycles. The van der Waals surface area contributed by atoms with E-state index in [-0.39, 0.29) is 51.7 Å². The van der Waals surface area contributed by atoms with E-state index < -0.39 is 17.3 Å². The first-order valence-electron chi connectivity index (χ1n) is 12.7. The minimum Gasteiger partial charge on any atom is -0.481 e. The first-order valence-corrected chi connectivity index (χ1v) is 13.3. The number of thiol groups is 1. The molecule has 8 atom stereocenters. The summed E-state index contributed by atoms with van der Waals surface area (Å²) < 4.78 is 0. The number of hydrogen-bond donors (Lipinski definition) is 2. The number of carboxylic acids is 1. The SMILES string of the molecule is C=C(CC[C@@H](S)[C@H]1CC[C@H]2C3=C(C(=O)C[C@]12C)[C@@]1(C)CCC(=O)[C@@H](C)[C@@H]1CC3=O)C(C)C(=O)O. The summed E-state index contributed by atoms with van der Waals surface area (Å²) in [5.41, 5.74) is 1.50. The van der Waals surface area contributed by atoms with Gasteiger partial charge in [0, 0.05) is 47.0 Å². The van der Waals surface area contributed by atoms with Crippen LogP contribution in [0.1, 0.15) is 79.1 Å². The van der Waals surface area contributed by atoms with Gasteiger partial charge >= 0.3 is 5.97 Å². The number of ketones is 3. The lowest BCUT2D eigenvalue weighted by atomic mass is 9.48. The van der Waals surface area contributed by atoms with Crippen molar-refractivity contribution in [1.29, 1.82) is 0 Å².